The number of rotatable bonds is 3. The van der Waals surface area contributed by atoms with E-state index in [1.807, 2.05) is 11.0 Å². The SMILES string of the molecule is O=C1CN(c2nccn3nccc23)CCN1Cc1ccc(F)cc1. The lowest BCUT2D eigenvalue weighted by molar-refractivity contribution is -0.131. The predicted octanol–water partition coefficient (Wildman–Crippen LogP) is 1.72. The third-order valence-electron chi connectivity index (χ3n) is 4.21. The van der Waals surface area contributed by atoms with Gasteiger partial charge >= 0.3 is 0 Å². The van der Waals surface area contributed by atoms with E-state index in [-0.39, 0.29) is 18.3 Å². The largest absolute Gasteiger partial charge is 0.344 e. The first-order valence-corrected chi connectivity index (χ1v) is 7.76. The molecule has 0 radical (unpaired) electrons. The van der Waals surface area contributed by atoms with Crippen LogP contribution in [0.15, 0.2) is 48.9 Å². The van der Waals surface area contributed by atoms with Gasteiger partial charge in [0.05, 0.1) is 12.7 Å². The number of carbonyl (C=O) groups is 1. The molecule has 3 heterocycles. The highest BCUT2D eigenvalue weighted by Gasteiger charge is 2.26. The van der Waals surface area contributed by atoms with Gasteiger partial charge in [-0.3, -0.25) is 4.79 Å². The van der Waals surface area contributed by atoms with E-state index in [4.69, 9.17) is 0 Å². The van der Waals surface area contributed by atoms with Crippen molar-refractivity contribution in [3.8, 4) is 0 Å². The second-order valence-electron chi connectivity index (χ2n) is 5.78. The van der Waals surface area contributed by atoms with Crippen molar-refractivity contribution in [2.75, 3.05) is 24.5 Å². The smallest absolute Gasteiger partial charge is 0.242 e. The van der Waals surface area contributed by atoms with E-state index < -0.39 is 0 Å². The van der Waals surface area contributed by atoms with Crippen LogP contribution in [0, 0.1) is 5.82 Å². The van der Waals surface area contributed by atoms with Gasteiger partial charge in [0.2, 0.25) is 5.91 Å². The molecule has 0 aliphatic carbocycles. The van der Waals surface area contributed by atoms with Crippen LogP contribution in [0.4, 0.5) is 10.2 Å². The minimum absolute atomic E-state index is 0.0360. The average molecular weight is 325 g/mol. The molecule has 1 saturated heterocycles. The molecule has 0 atom stereocenters. The normalized spacial score (nSPS) is 15.3. The molecule has 7 heteroatoms. The lowest BCUT2D eigenvalue weighted by Gasteiger charge is -2.35. The van der Waals surface area contributed by atoms with Crippen LogP contribution in [0.1, 0.15) is 5.56 Å². The molecule has 1 amide bonds. The molecule has 0 spiro atoms. The van der Waals surface area contributed by atoms with Crippen molar-refractivity contribution in [1.82, 2.24) is 19.5 Å². The van der Waals surface area contributed by atoms with Crippen LogP contribution in [0.5, 0.6) is 0 Å². The number of nitrogens with zero attached hydrogens (tertiary/aromatic N) is 5. The lowest BCUT2D eigenvalue weighted by Crippen LogP contribution is -2.50. The molecule has 2 aromatic heterocycles. The van der Waals surface area contributed by atoms with Gasteiger partial charge in [-0.2, -0.15) is 5.10 Å². The summed E-state index contributed by atoms with van der Waals surface area (Å²) in [7, 11) is 0. The molecule has 122 valence electrons. The Labute approximate surface area is 138 Å². The molecule has 6 nitrogen and oxygen atoms in total. The van der Waals surface area contributed by atoms with Gasteiger partial charge in [-0.15, -0.1) is 0 Å². The fraction of sp³-hybridized carbons (Fsp3) is 0.235. The Morgan fingerprint density at radius 1 is 1.08 bits per heavy atom. The van der Waals surface area contributed by atoms with Gasteiger partial charge in [-0.05, 0) is 23.8 Å². The van der Waals surface area contributed by atoms with Crippen LogP contribution >= 0.6 is 0 Å². The summed E-state index contributed by atoms with van der Waals surface area (Å²) in [6, 6.07) is 8.14. The minimum Gasteiger partial charge on any atom is -0.344 e. The number of hydrogen-bond acceptors (Lipinski definition) is 4. The van der Waals surface area contributed by atoms with Crippen LogP contribution < -0.4 is 4.90 Å². The number of benzene rings is 1. The molecule has 0 bridgehead atoms. The molecule has 4 rings (SSSR count). The molecule has 0 N–H and O–H groups in total. The molecule has 1 aromatic carbocycles. The number of halogens is 1. The number of hydrogen-bond donors (Lipinski definition) is 0. The van der Waals surface area contributed by atoms with Crippen LogP contribution in [0.2, 0.25) is 0 Å². The zero-order valence-corrected chi connectivity index (χ0v) is 13.0. The summed E-state index contributed by atoms with van der Waals surface area (Å²) < 4.78 is 14.7. The number of amides is 1. The van der Waals surface area contributed by atoms with Crippen LogP contribution in [0.3, 0.4) is 0 Å². The van der Waals surface area contributed by atoms with Crippen molar-refractivity contribution in [1.29, 1.82) is 0 Å². The monoisotopic (exact) mass is 325 g/mol. The highest BCUT2D eigenvalue weighted by Crippen LogP contribution is 2.20. The number of piperazine rings is 1. The third kappa shape index (κ3) is 2.68. The zero-order chi connectivity index (χ0) is 16.5. The number of carbonyl (C=O) groups excluding carboxylic acids is 1. The minimum atomic E-state index is -0.269. The van der Waals surface area contributed by atoms with E-state index in [9.17, 15) is 9.18 Å². The Morgan fingerprint density at radius 3 is 2.71 bits per heavy atom. The maximum absolute atomic E-state index is 13.0. The summed E-state index contributed by atoms with van der Waals surface area (Å²) in [5.74, 6) is 0.536. The van der Waals surface area contributed by atoms with Crippen molar-refractivity contribution >= 4 is 17.2 Å². The Morgan fingerprint density at radius 2 is 1.92 bits per heavy atom. The summed E-state index contributed by atoms with van der Waals surface area (Å²) in [5.41, 5.74) is 1.81. The second kappa shape index (κ2) is 5.92. The topological polar surface area (TPSA) is 53.7 Å². The van der Waals surface area contributed by atoms with E-state index in [1.165, 1.54) is 12.1 Å². The van der Waals surface area contributed by atoms with E-state index in [0.717, 1.165) is 16.9 Å². The molecule has 3 aromatic rings. The Kier molecular flexibility index (Phi) is 3.60. The standard InChI is InChI=1S/C17H16FN5O/c18-14-3-1-13(2-4-14)11-21-9-10-22(12-16(21)24)17-15-5-6-20-23(15)8-7-19-17/h1-8H,9-12H2. The quantitative estimate of drug-likeness (QED) is 0.736. The van der Waals surface area contributed by atoms with Gasteiger partial charge in [-0.1, -0.05) is 12.1 Å². The van der Waals surface area contributed by atoms with Gasteiger partial charge in [0, 0.05) is 32.0 Å². The van der Waals surface area contributed by atoms with Crippen molar-refractivity contribution < 1.29 is 9.18 Å². The maximum atomic E-state index is 13.0. The van der Waals surface area contributed by atoms with Crippen molar-refractivity contribution in [3.63, 3.8) is 0 Å². The molecule has 1 aliphatic rings. The van der Waals surface area contributed by atoms with Crippen LogP contribution in [-0.4, -0.2) is 45.0 Å². The van der Waals surface area contributed by atoms with E-state index >= 15 is 0 Å². The summed E-state index contributed by atoms with van der Waals surface area (Å²) >= 11 is 0. The summed E-state index contributed by atoms with van der Waals surface area (Å²) in [6.07, 6.45) is 5.18. The molecule has 0 saturated carbocycles. The molecule has 1 fully saturated rings. The molecular formula is C17H16FN5O. The molecule has 1 aliphatic heterocycles. The highest BCUT2D eigenvalue weighted by molar-refractivity contribution is 5.84. The number of aromatic nitrogens is 3. The second-order valence-corrected chi connectivity index (χ2v) is 5.78. The van der Waals surface area contributed by atoms with E-state index in [1.54, 1.807) is 40.1 Å². The van der Waals surface area contributed by atoms with Crippen molar-refractivity contribution in [3.05, 3.63) is 60.3 Å². The fourth-order valence-electron chi connectivity index (χ4n) is 2.95. The van der Waals surface area contributed by atoms with E-state index in [0.29, 0.717) is 19.6 Å². The highest BCUT2D eigenvalue weighted by atomic mass is 19.1. The molecular weight excluding hydrogens is 309 g/mol. The lowest BCUT2D eigenvalue weighted by atomic mass is 10.2. The Bertz CT molecular complexity index is 876. The first-order chi connectivity index (χ1) is 11.7. The predicted molar refractivity (Wildman–Crippen MR) is 87.0 cm³/mol. The van der Waals surface area contributed by atoms with Crippen LogP contribution in [0.25, 0.3) is 5.52 Å². The van der Waals surface area contributed by atoms with Gasteiger partial charge in [-0.25, -0.2) is 13.9 Å². The van der Waals surface area contributed by atoms with Crippen molar-refractivity contribution in [2.45, 2.75) is 6.54 Å². The van der Waals surface area contributed by atoms with E-state index in [2.05, 4.69) is 10.1 Å². The van der Waals surface area contributed by atoms with Gasteiger partial charge in [0.1, 0.15) is 11.3 Å². The average Bonchev–Trinajstić information content (AvgIpc) is 3.07. The van der Waals surface area contributed by atoms with Gasteiger partial charge in [0.25, 0.3) is 0 Å². The molecule has 0 unspecified atom stereocenters. The maximum Gasteiger partial charge on any atom is 0.242 e. The first-order valence-electron chi connectivity index (χ1n) is 7.76. The van der Waals surface area contributed by atoms with Crippen molar-refractivity contribution in [2.24, 2.45) is 0 Å². The first kappa shape index (κ1) is 14.6. The fourth-order valence-corrected chi connectivity index (χ4v) is 2.95. The van der Waals surface area contributed by atoms with Gasteiger partial charge < -0.3 is 9.80 Å². The summed E-state index contributed by atoms with van der Waals surface area (Å²) in [5, 5.41) is 4.20. The van der Waals surface area contributed by atoms with Crippen LogP contribution in [-0.2, 0) is 11.3 Å². The number of fused-ring (bicyclic) bond motifs is 1. The van der Waals surface area contributed by atoms with Gasteiger partial charge in [0.15, 0.2) is 5.82 Å². The Hall–Kier alpha value is -2.96. The number of anilines is 1. The summed E-state index contributed by atoms with van der Waals surface area (Å²) in [6.45, 7) is 2.08. The third-order valence-corrected chi connectivity index (χ3v) is 4.21. The zero-order valence-electron chi connectivity index (χ0n) is 13.0. The Balaban J connectivity index is 1.49. The summed E-state index contributed by atoms with van der Waals surface area (Å²) in [4.78, 5) is 20.7. The molecule has 24 heavy (non-hydrogen) atoms.